The average molecular weight is 819 g/mol. The van der Waals surface area contributed by atoms with Crippen LogP contribution in [-0.2, 0) is 53.5 Å². The summed E-state index contributed by atoms with van der Waals surface area (Å²) in [6, 6.07) is 32.8. The van der Waals surface area contributed by atoms with Gasteiger partial charge in [-0.15, -0.1) is 0 Å². The second kappa shape index (κ2) is 21.8. The van der Waals surface area contributed by atoms with E-state index < -0.39 is 48.4 Å². The first-order valence-corrected chi connectivity index (χ1v) is 19.4. The second-order valence-electron chi connectivity index (χ2n) is 14.0. The van der Waals surface area contributed by atoms with Crippen LogP contribution in [0, 0.1) is 0 Å². The van der Waals surface area contributed by atoms with Crippen molar-refractivity contribution in [1.82, 2.24) is 0 Å². The van der Waals surface area contributed by atoms with E-state index in [1.165, 1.54) is 0 Å². The van der Waals surface area contributed by atoms with Crippen LogP contribution in [0.2, 0.25) is 0 Å². The first-order chi connectivity index (χ1) is 28.7. The van der Waals surface area contributed by atoms with Crippen molar-refractivity contribution in [2.45, 2.75) is 48.4 Å². The number of anilines is 4. The van der Waals surface area contributed by atoms with Crippen molar-refractivity contribution >= 4 is 22.7 Å². The molecule has 5 rings (SSSR count). The van der Waals surface area contributed by atoms with Crippen LogP contribution in [0.25, 0.3) is 0 Å². The Kier molecular flexibility index (Phi) is 16.9. The molecule has 1 fully saturated rings. The number of rotatable bonds is 24. The molecule has 1 heterocycles. The molecule has 1 aliphatic rings. The molecule has 0 aromatic heterocycles. The van der Waals surface area contributed by atoms with Gasteiger partial charge in [0, 0.05) is 79.6 Å². The fraction of sp³-hybridized carbons (Fsp3) is 0.455. The van der Waals surface area contributed by atoms with E-state index in [0.717, 1.165) is 45.0 Å². The zero-order valence-electron chi connectivity index (χ0n) is 35.4. The number of methoxy groups -OCH3 is 8. The molecule has 4 aromatic carbocycles. The van der Waals surface area contributed by atoms with Crippen molar-refractivity contribution in [3.05, 3.63) is 119 Å². The Bertz CT molecular complexity index is 1550. The molecular weight excluding hydrogens is 757 g/mol. The molecular formula is C44H62N6O9. The standard InChI is InChI=1S/C44H62N6O9/c1-51-37(52-2)25-47-33-17-9-29(10-18-33)43(30-11-19-34(20-12-30)48-26-38(53-3)54-4)41(45)59-42(46)44(43,31-13-21-35(22-14-31)49-27-39(55-5)56-6)32-15-23-36(24-16-32)50-28-40(57-7)58-8/h9-24,37-42,47-50H,25-28,45-46H2,1-8H3. The summed E-state index contributed by atoms with van der Waals surface area (Å²) in [7, 11) is 12.9. The van der Waals surface area contributed by atoms with Gasteiger partial charge >= 0.3 is 0 Å². The van der Waals surface area contributed by atoms with Crippen molar-refractivity contribution < 1.29 is 42.6 Å². The molecule has 4 aromatic rings. The van der Waals surface area contributed by atoms with Crippen molar-refractivity contribution in [2.24, 2.45) is 11.5 Å². The van der Waals surface area contributed by atoms with Crippen molar-refractivity contribution in [1.29, 1.82) is 0 Å². The lowest BCUT2D eigenvalue weighted by Crippen LogP contribution is -2.59. The Morgan fingerprint density at radius 1 is 0.390 bits per heavy atom. The Hall–Kier alpha value is -4.36. The third-order valence-electron chi connectivity index (χ3n) is 11.1. The lowest BCUT2D eigenvalue weighted by Gasteiger charge is -2.49. The zero-order chi connectivity index (χ0) is 42.4. The molecule has 0 bridgehead atoms. The van der Waals surface area contributed by atoms with Gasteiger partial charge in [0.25, 0.3) is 0 Å². The lowest BCUT2D eigenvalue weighted by atomic mass is 9.51. The number of ether oxygens (including phenoxy) is 9. The van der Waals surface area contributed by atoms with Crippen LogP contribution >= 0.6 is 0 Å². The smallest absolute Gasteiger partial charge is 0.173 e. The van der Waals surface area contributed by atoms with E-state index in [0.29, 0.717) is 26.2 Å². The predicted octanol–water partition coefficient (Wildman–Crippen LogP) is 4.68. The zero-order valence-corrected chi connectivity index (χ0v) is 35.4. The van der Waals surface area contributed by atoms with Gasteiger partial charge in [0.15, 0.2) is 25.2 Å². The fourth-order valence-electron chi connectivity index (χ4n) is 7.97. The van der Waals surface area contributed by atoms with Gasteiger partial charge < -0.3 is 75.4 Å². The maximum Gasteiger partial charge on any atom is 0.173 e. The van der Waals surface area contributed by atoms with E-state index >= 15 is 0 Å². The highest BCUT2D eigenvalue weighted by atomic mass is 16.7. The minimum atomic E-state index is -1.09. The molecule has 0 radical (unpaired) electrons. The maximum absolute atomic E-state index is 7.37. The van der Waals surface area contributed by atoms with E-state index in [9.17, 15) is 0 Å². The normalized spacial score (nSPS) is 17.3. The fourth-order valence-corrected chi connectivity index (χ4v) is 7.97. The Labute approximate surface area is 348 Å². The summed E-state index contributed by atoms with van der Waals surface area (Å²) in [5, 5.41) is 13.7. The largest absolute Gasteiger partial charge is 0.380 e. The number of nitrogens with one attached hydrogen (secondary N) is 4. The predicted molar refractivity (Wildman–Crippen MR) is 230 cm³/mol. The third kappa shape index (κ3) is 9.83. The van der Waals surface area contributed by atoms with E-state index in [2.05, 4.69) is 69.8 Å². The van der Waals surface area contributed by atoms with E-state index in [-0.39, 0.29) is 0 Å². The number of hydrogen-bond donors (Lipinski definition) is 6. The van der Waals surface area contributed by atoms with Gasteiger partial charge in [-0.3, -0.25) is 0 Å². The second-order valence-corrected chi connectivity index (χ2v) is 14.0. The van der Waals surface area contributed by atoms with E-state index in [4.69, 9.17) is 54.1 Å². The van der Waals surface area contributed by atoms with Gasteiger partial charge in [0.05, 0.1) is 37.0 Å². The molecule has 0 spiro atoms. The Morgan fingerprint density at radius 2 is 0.576 bits per heavy atom. The van der Waals surface area contributed by atoms with Gasteiger partial charge in [-0.2, -0.15) is 0 Å². The van der Waals surface area contributed by atoms with Crippen LogP contribution in [-0.4, -0.2) is 121 Å². The third-order valence-corrected chi connectivity index (χ3v) is 11.1. The quantitative estimate of drug-likeness (QED) is 0.0536. The lowest BCUT2D eigenvalue weighted by molar-refractivity contribution is -0.0915. The Morgan fingerprint density at radius 3 is 0.746 bits per heavy atom. The summed E-state index contributed by atoms with van der Waals surface area (Å²) >= 11 is 0. The van der Waals surface area contributed by atoms with Crippen molar-refractivity contribution in [3.63, 3.8) is 0 Å². The maximum atomic E-state index is 7.37. The minimum Gasteiger partial charge on any atom is -0.380 e. The molecule has 59 heavy (non-hydrogen) atoms. The Balaban J connectivity index is 1.72. The van der Waals surface area contributed by atoms with Gasteiger partial charge in [-0.25, -0.2) is 0 Å². The number of nitrogens with two attached hydrogens (primary N) is 2. The SMILES string of the molecule is COC(CNc1ccc(C2(c3ccc(NCC(OC)OC)cc3)C(N)OC(N)C2(c2ccc(NCC(OC)OC)cc2)c2ccc(NCC(OC)OC)cc2)cc1)OC. The van der Waals surface area contributed by atoms with Crippen molar-refractivity contribution in [3.8, 4) is 0 Å². The van der Waals surface area contributed by atoms with E-state index in [1.807, 2.05) is 48.5 Å². The molecule has 0 amide bonds. The van der Waals surface area contributed by atoms with Crippen LogP contribution in [0.1, 0.15) is 22.3 Å². The summed E-state index contributed by atoms with van der Waals surface area (Å²) < 4.78 is 50.0. The minimum absolute atomic E-state index is 0.418. The molecule has 15 nitrogen and oxygen atoms in total. The monoisotopic (exact) mass is 818 g/mol. The van der Waals surface area contributed by atoms with Crippen molar-refractivity contribution in [2.75, 3.05) is 104 Å². The van der Waals surface area contributed by atoms with Crippen LogP contribution in [0.3, 0.4) is 0 Å². The van der Waals surface area contributed by atoms with Crippen LogP contribution < -0.4 is 32.7 Å². The summed E-state index contributed by atoms with van der Waals surface area (Å²) in [4.78, 5) is 0. The highest BCUT2D eigenvalue weighted by Gasteiger charge is 2.68. The van der Waals surface area contributed by atoms with Crippen LogP contribution in [0.15, 0.2) is 97.1 Å². The number of hydrogen-bond acceptors (Lipinski definition) is 15. The topological polar surface area (TPSA) is 183 Å². The number of benzene rings is 4. The summed E-state index contributed by atoms with van der Waals surface area (Å²) in [6.45, 7) is 1.79. The molecule has 1 aliphatic heterocycles. The molecule has 0 aliphatic carbocycles. The van der Waals surface area contributed by atoms with Gasteiger partial charge in [0.1, 0.15) is 12.5 Å². The van der Waals surface area contributed by atoms with E-state index in [1.54, 1.807) is 56.9 Å². The first kappa shape index (κ1) is 45.7. The molecule has 2 atom stereocenters. The molecule has 8 N–H and O–H groups in total. The average Bonchev–Trinajstić information content (AvgIpc) is 3.52. The molecule has 322 valence electrons. The molecule has 1 saturated heterocycles. The van der Waals surface area contributed by atoms with Gasteiger partial charge in [-0.05, 0) is 70.8 Å². The molecule has 2 unspecified atom stereocenters. The van der Waals surface area contributed by atoms with Gasteiger partial charge in [0.2, 0.25) is 0 Å². The first-order valence-electron chi connectivity index (χ1n) is 19.4. The summed E-state index contributed by atoms with van der Waals surface area (Å²) in [6.07, 6.45) is -3.48. The highest BCUT2D eigenvalue weighted by molar-refractivity contribution is 5.64. The summed E-state index contributed by atoms with van der Waals surface area (Å²) in [5.41, 5.74) is 19.6. The highest BCUT2D eigenvalue weighted by Crippen LogP contribution is 2.60. The van der Waals surface area contributed by atoms with Gasteiger partial charge in [-0.1, -0.05) is 48.5 Å². The molecule has 15 heteroatoms. The van der Waals surface area contributed by atoms with Crippen LogP contribution in [0.4, 0.5) is 22.7 Å². The molecule has 0 saturated carbocycles. The van der Waals surface area contributed by atoms with Crippen LogP contribution in [0.5, 0.6) is 0 Å². The summed E-state index contributed by atoms with van der Waals surface area (Å²) in [5.74, 6) is 0.